The Kier molecular flexibility index (Phi) is 4.12. The summed E-state index contributed by atoms with van der Waals surface area (Å²) in [5.41, 5.74) is 5.86. The van der Waals surface area contributed by atoms with Crippen molar-refractivity contribution in [2.75, 3.05) is 19.6 Å². The topological polar surface area (TPSA) is 101 Å². The zero-order valence-corrected chi connectivity index (χ0v) is 12.1. The molecule has 0 amide bonds. The lowest BCUT2D eigenvalue weighted by Crippen LogP contribution is -2.30. The van der Waals surface area contributed by atoms with Crippen LogP contribution in [0.25, 0.3) is 0 Å². The Balaban J connectivity index is 2.41. The van der Waals surface area contributed by atoms with Gasteiger partial charge in [-0.15, -0.1) is 0 Å². The van der Waals surface area contributed by atoms with Crippen LogP contribution in [0.3, 0.4) is 0 Å². The molecular weight excluding hydrogens is 280 g/mol. The molecule has 2 rings (SSSR count). The van der Waals surface area contributed by atoms with Gasteiger partial charge in [0.2, 0.25) is 10.0 Å². The molecule has 7 heteroatoms. The minimum atomic E-state index is -3.65. The maximum absolute atomic E-state index is 12.6. The first-order valence-electron chi connectivity index (χ1n) is 6.41. The molecule has 1 atom stereocenters. The zero-order chi connectivity index (χ0) is 14.9. The Bertz CT molecular complexity index is 627. The van der Waals surface area contributed by atoms with Crippen molar-refractivity contribution >= 4 is 16.0 Å². The van der Waals surface area contributed by atoms with E-state index >= 15 is 0 Å². The predicted molar refractivity (Wildman–Crippen MR) is 74.1 cm³/mol. The molecule has 3 N–H and O–H groups in total. The number of carboxylic acids is 1. The van der Waals surface area contributed by atoms with Crippen LogP contribution in [-0.2, 0) is 10.0 Å². The Morgan fingerprint density at radius 3 is 2.75 bits per heavy atom. The molecule has 1 saturated heterocycles. The van der Waals surface area contributed by atoms with Gasteiger partial charge in [-0.05, 0) is 43.5 Å². The van der Waals surface area contributed by atoms with Gasteiger partial charge in [0.05, 0.1) is 10.5 Å². The van der Waals surface area contributed by atoms with Crippen LogP contribution >= 0.6 is 0 Å². The van der Waals surface area contributed by atoms with Gasteiger partial charge < -0.3 is 10.8 Å². The van der Waals surface area contributed by atoms with Crippen molar-refractivity contribution < 1.29 is 18.3 Å². The molecule has 1 aromatic rings. The number of aromatic carboxylic acids is 1. The van der Waals surface area contributed by atoms with Crippen LogP contribution in [-0.4, -0.2) is 43.4 Å². The van der Waals surface area contributed by atoms with Crippen LogP contribution in [0.15, 0.2) is 23.1 Å². The van der Waals surface area contributed by atoms with E-state index in [1.54, 1.807) is 0 Å². The quantitative estimate of drug-likeness (QED) is 0.850. The van der Waals surface area contributed by atoms with Crippen molar-refractivity contribution in [2.24, 2.45) is 11.7 Å². The molecule has 1 unspecified atom stereocenters. The van der Waals surface area contributed by atoms with Crippen LogP contribution in [0.4, 0.5) is 0 Å². The first kappa shape index (κ1) is 15.0. The monoisotopic (exact) mass is 298 g/mol. The van der Waals surface area contributed by atoms with Crippen molar-refractivity contribution in [1.82, 2.24) is 4.31 Å². The number of nitrogens with zero attached hydrogens (tertiary/aromatic N) is 1. The molecule has 0 saturated carbocycles. The van der Waals surface area contributed by atoms with Crippen LogP contribution in [0.2, 0.25) is 0 Å². The summed E-state index contributed by atoms with van der Waals surface area (Å²) < 4.78 is 26.6. The number of carbonyl (C=O) groups is 1. The van der Waals surface area contributed by atoms with Gasteiger partial charge in [0.1, 0.15) is 0 Å². The standard InChI is InChI=1S/C13H18N2O4S/c1-9-11(13(16)17)3-2-4-12(9)20(18,19)15-6-5-10(7-14)8-15/h2-4,10H,5-8,14H2,1H3,(H,16,17). The summed E-state index contributed by atoms with van der Waals surface area (Å²) in [5, 5.41) is 9.08. The van der Waals surface area contributed by atoms with E-state index in [2.05, 4.69) is 0 Å². The Morgan fingerprint density at radius 1 is 1.50 bits per heavy atom. The van der Waals surface area contributed by atoms with E-state index in [1.165, 1.54) is 29.4 Å². The van der Waals surface area contributed by atoms with Crippen LogP contribution in [0.5, 0.6) is 0 Å². The smallest absolute Gasteiger partial charge is 0.335 e. The third kappa shape index (κ3) is 2.56. The Labute approximate surface area is 118 Å². The highest BCUT2D eigenvalue weighted by atomic mass is 32.2. The fraction of sp³-hybridized carbons (Fsp3) is 0.462. The van der Waals surface area contributed by atoms with Crippen LogP contribution in [0, 0.1) is 12.8 Å². The molecule has 0 aliphatic carbocycles. The Morgan fingerprint density at radius 2 is 2.20 bits per heavy atom. The molecule has 1 fully saturated rings. The lowest BCUT2D eigenvalue weighted by molar-refractivity contribution is 0.0696. The highest BCUT2D eigenvalue weighted by molar-refractivity contribution is 7.89. The summed E-state index contributed by atoms with van der Waals surface area (Å²) in [7, 11) is -3.65. The van der Waals surface area contributed by atoms with E-state index in [9.17, 15) is 13.2 Å². The highest BCUT2D eigenvalue weighted by Crippen LogP contribution is 2.27. The predicted octanol–water partition coefficient (Wildman–Crippen LogP) is 0.663. The summed E-state index contributed by atoms with van der Waals surface area (Å²) in [6, 6.07) is 4.32. The number of carboxylic acid groups (broad SMARTS) is 1. The van der Waals surface area contributed by atoms with Gasteiger partial charge in [0, 0.05) is 13.1 Å². The number of rotatable bonds is 4. The largest absolute Gasteiger partial charge is 0.478 e. The molecule has 0 aromatic heterocycles. The van der Waals surface area contributed by atoms with E-state index in [4.69, 9.17) is 10.8 Å². The second-order valence-electron chi connectivity index (χ2n) is 4.99. The zero-order valence-electron chi connectivity index (χ0n) is 11.2. The van der Waals surface area contributed by atoms with Gasteiger partial charge >= 0.3 is 5.97 Å². The summed E-state index contributed by atoms with van der Waals surface area (Å²) in [6.07, 6.45) is 0.743. The number of sulfonamides is 1. The number of hydrogen-bond acceptors (Lipinski definition) is 4. The fourth-order valence-electron chi connectivity index (χ4n) is 2.47. The van der Waals surface area contributed by atoms with Crippen LogP contribution < -0.4 is 5.73 Å². The van der Waals surface area contributed by atoms with Crippen molar-refractivity contribution in [1.29, 1.82) is 0 Å². The molecule has 20 heavy (non-hydrogen) atoms. The minimum Gasteiger partial charge on any atom is -0.478 e. The first-order chi connectivity index (χ1) is 9.37. The van der Waals surface area contributed by atoms with Gasteiger partial charge in [-0.1, -0.05) is 6.07 Å². The first-order valence-corrected chi connectivity index (χ1v) is 7.85. The van der Waals surface area contributed by atoms with Gasteiger partial charge in [-0.3, -0.25) is 0 Å². The summed E-state index contributed by atoms with van der Waals surface area (Å²) in [5.74, 6) is -0.950. The van der Waals surface area contributed by atoms with Gasteiger partial charge in [0.25, 0.3) is 0 Å². The second kappa shape index (κ2) is 5.51. The van der Waals surface area contributed by atoms with Crippen molar-refractivity contribution in [2.45, 2.75) is 18.2 Å². The molecule has 1 aromatic carbocycles. The van der Waals surface area contributed by atoms with Crippen molar-refractivity contribution in [3.63, 3.8) is 0 Å². The second-order valence-corrected chi connectivity index (χ2v) is 6.89. The molecule has 1 aliphatic heterocycles. The number of nitrogens with two attached hydrogens (primary N) is 1. The SMILES string of the molecule is Cc1c(C(=O)O)cccc1S(=O)(=O)N1CCC(CN)C1. The molecule has 6 nitrogen and oxygen atoms in total. The molecule has 1 aliphatic rings. The number of hydrogen-bond donors (Lipinski definition) is 2. The van der Waals surface area contributed by atoms with E-state index in [-0.39, 0.29) is 21.9 Å². The Hall–Kier alpha value is -1.44. The highest BCUT2D eigenvalue weighted by Gasteiger charge is 2.33. The van der Waals surface area contributed by atoms with Gasteiger partial charge in [-0.2, -0.15) is 4.31 Å². The van der Waals surface area contributed by atoms with Crippen molar-refractivity contribution in [3.8, 4) is 0 Å². The third-order valence-electron chi connectivity index (χ3n) is 3.71. The van der Waals surface area contributed by atoms with E-state index < -0.39 is 16.0 Å². The normalized spacial score (nSPS) is 20.2. The van der Waals surface area contributed by atoms with Gasteiger partial charge in [-0.25, -0.2) is 13.2 Å². The number of benzene rings is 1. The van der Waals surface area contributed by atoms with E-state index in [1.807, 2.05) is 0 Å². The summed E-state index contributed by atoms with van der Waals surface area (Å²) >= 11 is 0. The maximum atomic E-state index is 12.6. The molecule has 1 heterocycles. The average molecular weight is 298 g/mol. The minimum absolute atomic E-state index is 0.0145. The summed E-state index contributed by atoms with van der Waals surface area (Å²) in [6.45, 7) is 2.81. The molecule has 0 spiro atoms. The van der Waals surface area contributed by atoms with Crippen molar-refractivity contribution in [3.05, 3.63) is 29.3 Å². The lowest BCUT2D eigenvalue weighted by Gasteiger charge is -2.18. The average Bonchev–Trinajstić information content (AvgIpc) is 2.87. The molecule has 0 radical (unpaired) electrons. The van der Waals surface area contributed by atoms with E-state index in [0.717, 1.165) is 6.42 Å². The third-order valence-corrected chi connectivity index (χ3v) is 5.72. The molecule has 110 valence electrons. The van der Waals surface area contributed by atoms with Gasteiger partial charge in [0.15, 0.2) is 0 Å². The maximum Gasteiger partial charge on any atom is 0.335 e. The molecular formula is C13H18N2O4S. The van der Waals surface area contributed by atoms with Crippen LogP contribution in [0.1, 0.15) is 22.3 Å². The summed E-state index contributed by atoms with van der Waals surface area (Å²) in [4.78, 5) is 11.2. The van der Waals surface area contributed by atoms with E-state index in [0.29, 0.717) is 19.6 Å². The lowest BCUT2D eigenvalue weighted by atomic mass is 10.1. The fourth-order valence-corrected chi connectivity index (χ4v) is 4.25. The molecule has 0 bridgehead atoms.